The Morgan fingerprint density at radius 2 is 2.00 bits per heavy atom. The summed E-state index contributed by atoms with van der Waals surface area (Å²) in [7, 11) is 0. The van der Waals surface area contributed by atoms with Gasteiger partial charge in [0.05, 0.1) is 5.69 Å². The van der Waals surface area contributed by atoms with Crippen LogP contribution >= 0.6 is 0 Å². The molecule has 1 fully saturated rings. The SMILES string of the molecule is CCc1nccnc1N1CCNCC1. The van der Waals surface area contributed by atoms with E-state index in [1.807, 2.05) is 0 Å². The maximum Gasteiger partial charge on any atom is 0.150 e. The van der Waals surface area contributed by atoms with E-state index in [1.165, 1.54) is 0 Å². The molecule has 0 unspecified atom stereocenters. The molecule has 14 heavy (non-hydrogen) atoms. The highest BCUT2D eigenvalue weighted by Crippen LogP contribution is 2.15. The Balaban J connectivity index is 2.20. The van der Waals surface area contributed by atoms with Crippen LogP contribution in [0.5, 0.6) is 0 Å². The van der Waals surface area contributed by atoms with Crippen LogP contribution in [0.25, 0.3) is 0 Å². The number of piperazine rings is 1. The van der Waals surface area contributed by atoms with Crippen LogP contribution in [0.3, 0.4) is 0 Å². The Morgan fingerprint density at radius 3 is 2.71 bits per heavy atom. The first-order valence-electron chi connectivity index (χ1n) is 5.17. The van der Waals surface area contributed by atoms with E-state index in [0.717, 1.165) is 44.1 Å². The Labute approximate surface area is 84.4 Å². The van der Waals surface area contributed by atoms with Crippen LogP contribution in [-0.2, 0) is 6.42 Å². The molecule has 0 bridgehead atoms. The van der Waals surface area contributed by atoms with Gasteiger partial charge >= 0.3 is 0 Å². The van der Waals surface area contributed by atoms with Crippen molar-refractivity contribution in [3.05, 3.63) is 18.1 Å². The Bertz CT molecular complexity index is 294. The van der Waals surface area contributed by atoms with E-state index in [-0.39, 0.29) is 0 Å². The summed E-state index contributed by atoms with van der Waals surface area (Å²) >= 11 is 0. The summed E-state index contributed by atoms with van der Waals surface area (Å²) in [5.74, 6) is 1.07. The Hall–Kier alpha value is -1.16. The molecule has 76 valence electrons. The van der Waals surface area contributed by atoms with E-state index >= 15 is 0 Å². The van der Waals surface area contributed by atoms with Gasteiger partial charge in [-0.15, -0.1) is 0 Å². The van der Waals surface area contributed by atoms with Crippen molar-refractivity contribution in [3.63, 3.8) is 0 Å². The van der Waals surface area contributed by atoms with Crippen molar-refractivity contribution in [2.75, 3.05) is 31.1 Å². The van der Waals surface area contributed by atoms with Crippen LogP contribution in [0, 0.1) is 0 Å². The van der Waals surface area contributed by atoms with Crippen molar-refractivity contribution in [3.8, 4) is 0 Å². The van der Waals surface area contributed by atoms with Gasteiger partial charge in [0.2, 0.25) is 0 Å². The molecule has 0 atom stereocenters. The largest absolute Gasteiger partial charge is 0.353 e. The monoisotopic (exact) mass is 192 g/mol. The minimum atomic E-state index is 0.951. The van der Waals surface area contributed by atoms with Gasteiger partial charge in [-0.1, -0.05) is 6.92 Å². The molecule has 4 heteroatoms. The molecule has 1 N–H and O–H groups in total. The van der Waals surface area contributed by atoms with Crippen LogP contribution in [0.4, 0.5) is 5.82 Å². The van der Waals surface area contributed by atoms with Crippen LogP contribution in [0.2, 0.25) is 0 Å². The first kappa shape index (κ1) is 9.40. The lowest BCUT2D eigenvalue weighted by Gasteiger charge is -2.29. The van der Waals surface area contributed by atoms with E-state index in [4.69, 9.17) is 0 Å². The Kier molecular flexibility index (Phi) is 2.93. The summed E-state index contributed by atoms with van der Waals surface area (Å²) in [6, 6.07) is 0. The molecule has 0 saturated carbocycles. The van der Waals surface area contributed by atoms with Crippen molar-refractivity contribution >= 4 is 5.82 Å². The third-order valence-electron chi connectivity index (χ3n) is 2.50. The van der Waals surface area contributed by atoms with E-state index < -0.39 is 0 Å². The number of aryl methyl sites for hydroxylation is 1. The van der Waals surface area contributed by atoms with Crippen molar-refractivity contribution in [2.45, 2.75) is 13.3 Å². The van der Waals surface area contributed by atoms with Gasteiger partial charge in [-0.25, -0.2) is 4.98 Å². The second-order valence-corrected chi connectivity index (χ2v) is 3.42. The van der Waals surface area contributed by atoms with Gasteiger partial charge in [-0.2, -0.15) is 0 Å². The molecular weight excluding hydrogens is 176 g/mol. The average Bonchev–Trinajstić information content (AvgIpc) is 2.30. The van der Waals surface area contributed by atoms with Gasteiger partial charge in [0.15, 0.2) is 0 Å². The zero-order valence-electron chi connectivity index (χ0n) is 8.53. The molecule has 1 aliphatic heterocycles. The predicted molar refractivity (Wildman–Crippen MR) is 56.5 cm³/mol. The van der Waals surface area contributed by atoms with Gasteiger partial charge in [0.1, 0.15) is 5.82 Å². The maximum atomic E-state index is 4.41. The molecule has 1 aromatic rings. The van der Waals surface area contributed by atoms with Gasteiger partial charge < -0.3 is 10.2 Å². The van der Waals surface area contributed by atoms with Crippen molar-refractivity contribution in [1.82, 2.24) is 15.3 Å². The number of nitrogens with zero attached hydrogens (tertiary/aromatic N) is 3. The molecule has 1 aromatic heterocycles. The van der Waals surface area contributed by atoms with Gasteiger partial charge in [0, 0.05) is 38.6 Å². The summed E-state index contributed by atoms with van der Waals surface area (Å²) in [4.78, 5) is 11.1. The zero-order valence-corrected chi connectivity index (χ0v) is 8.53. The number of rotatable bonds is 2. The fraction of sp³-hybridized carbons (Fsp3) is 0.600. The van der Waals surface area contributed by atoms with E-state index in [0.29, 0.717) is 0 Å². The molecule has 0 aliphatic carbocycles. The van der Waals surface area contributed by atoms with Gasteiger partial charge in [0.25, 0.3) is 0 Å². The second-order valence-electron chi connectivity index (χ2n) is 3.42. The van der Waals surface area contributed by atoms with E-state index in [1.54, 1.807) is 12.4 Å². The van der Waals surface area contributed by atoms with Crippen molar-refractivity contribution in [1.29, 1.82) is 0 Å². The van der Waals surface area contributed by atoms with Crippen LogP contribution in [0.15, 0.2) is 12.4 Å². The lowest BCUT2D eigenvalue weighted by molar-refractivity contribution is 0.582. The van der Waals surface area contributed by atoms with Crippen LogP contribution in [0.1, 0.15) is 12.6 Å². The molecule has 0 radical (unpaired) electrons. The Morgan fingerprint density at radius 1 is 1.29 bits per heavy atom. The lowest BCUT2D eigenvalue weighted by atomic mass is 10.2. The smallest absolute Gasteiger partial charge is 0.150 e. The molecule has 1 aliphatic rings. The van der Waals surface area contributed by atoms with Crippen molar-refractivity contribution in [2.24, 2.45) is 0 Å². The summed E-state index contributed by atoms with van der Waals surface area (Å²) < 4.78 is 0. The van der Waals surface area contributed by atoms with Gasteiger partial charge in [-0.3, -0.25) is 4.98 Å². The van der Waals surface area contributed by atoms with E-state index in [9.17, 15) is 0 Å². The van der Waals surface area contributed by atoms with Crippen molar-refractivity contribution < 1.29 is 0 Å². The standard InChI is InChI=1S/C10H16N4/c1-2-9-10(13-4-3-12-9)14-7-5-11-6-8-14/h3-4,11H,2,5-8H2,1H3. The first-order chi connectivity index (χ1) is 6.92. The summed E-state index contributed by atoms with van der Waals surface area (Å²) in [5.41, 5.74) is 1.11. The average molecular weight is 192 g/mol. The summed E-state index contributed by atoms with van der Waals surface area (Å²) in [6.07, 6.45) is 4.49. The topological polar surface area (TPSA) is 41.1 Å². The number of hydrogen-bond acceptors (Lipinski definition) is 4. The highest BCUT2D eigenvalue weighted by molar-refractivity contribution is 5.43. The molecule has 0 aromatic carbocycles. The van der Waals surface area contributed by atoms with Gasteiger partial charge in [-0.05, 0) is 6.42 Å². The summed E-state index contributed by atoms with van der Waals surface area (Å²) in [5, 5.41) is 3.33. The number of anilines is 1. The molecular formula is C10H16N4. The number of hydrogen-bond donors (Lipinski definition) is 1. The highest BCUT2D eigenvalue weighted by atomic mass is 15.2. The lowest BCUT2D eigenvalue weighted by Crippen LogP contribution is -2.44. The second kappa shape index (κ2) is 4.37. The molecule has 4 nitrogen and oxygen atoms in total. The first-order valence-corrected chi connectivity index (χ1v) is 5.17. The molecule has 2 heterocycles. The molecule has 2 rings (SSSR count). The minimum Gasteiger partial charge on any atom is -0.353 e. The predicted octanol–water partition coefficient (Wildman–Crippen LogP) is 0.449. The fourth-order valence-electron chi connectivity index (χ4n) is 1.75. The zero-order chi connectivity index (χ0) is 9.80. The normalized spacial score (nSPS) is 17.1. The van der Waals surface area contributed by atoms with Crippen LogP contribution in [-0.4, -0.2) is 36.1 Å². The molecule has 0 amide bonds. The fourth-order valence-corrected chi connectivity index (χ4v) is 1.75. The van der Waals surface area contributed by atoms with Crippen LogP contribution < -0.4 is 10.2 Å². The number of aromatic nitrogens is 2. The quantitative estimate of drug-likeness (QED) is 0.738. The molecule has 0 spiro atoms. The molecule has 1 saturated heterocycles. The third-order valence-corrected chi connectivity index (χ3v) is 2.50. The number of nitrogens with one attached hydrogen (secondary N) is 1. The maximum absolute atomic E-state index is 4.41. The third kappa shape index (κ3) is 1.85. The van der Waals surface area contributed by atoms with E-state index in [2.05, 4.69) is 27.1 Å². The summed E-state index contributed by atoms with van der Waals surface area (Å²) in [6.45, 7) is 6.27. The minimum absolute atomic E-state index is 0.951. The highest BCUT2D eigenvalue weighted by Gasteiger charge is 2.14.